The Morgan fingerprint density at radius 2 is 2.00 bits per heavy atom. The SMILES string of the molecule is Cc1ccc(OCC(=O)N2CCN(C)CC2)c(C=O)c1. The zero-order valence-corrected chi connectivity index (χ0v) is 12.0. The van der Waals surface area contributed by atoms with Crippen LogP contribution in [0.15, 0.2) is 18.2 Å². The first-order valence-electron chi connectivity index (χ1n) is 6.75. The number of carbonyl (C=O) groups is 2. The standard InChI is InChI=1S/C15H20N2O3/c1-12-3-4-14(13(9-12)10-18)20-11-15(19)17-7-5-16(2)6-8-17/h3-4,9-10H,5-8,11H2,1-2H3. The van der Waals surface area contributed by atoms with Crippen molar-refractivity contribution >= 4 is 12.2 Å². The van der Waals surface area contributed by atoms with Crippen LogP contribution in [0.4, 0.5) is 0 Å². The van der Waals surface area contributed by atoms with Crippen LogP contribution in [0.5, 0.6) is 5.75 Å². The van der Waals surface area contributed by atoms with Gasteiger partial charge in [-0.15, -0.1) is 0 Å². The molecular weight excluding hydrogens is 256 g/mol. The fraction of sp³-hybridized carbons (Fsp3) is 0.467. The molecule has 1 aromatic carbocycles. The molecular formula is C15H20N2O3. The first kappa shape index (κ1) is 14.5. The third kappa shape index (κ3) is 3.57. The molecule has 5 nitrogen and oxygen atoms in total. The van der Waals surface area contributed by atoms with Crippen molar-refractivity contribution in [2.75, 3.05) is 39.8 Å². The lowest BCUT2D eigenvalue weighted by Crippen LogP contribution is -2.48. The number of aryl methyl sites for hydroxylation is 1. The van der Waals surface area contributed by atoms with Crippen molar-refractivity contribution in [1.82, 2.24) is 9.80 Å². The minimum Gasteiger partial charge on any atom is -0.483 e. The second kappa shape index (κ2) is 6.52. The molecule has 1 aromatic rings. The highest BCUT2D eigenvalue weighted by Gasteiger charge is 2.19. The van der Waals surface area contributed by atoms with Crippen LogP contribution >= 0.6 is 0 Å². The predicted octanol–water partition coefficient (Wildman–Crippen LogP) is 0.960. The van der Waals surface area contributed by atoms with Gasteiger partial charge in [0.15, 0.2) is 12.9 Å². The minimum atomic E-state index is -0.0319. The van der Waals surface area contributed by atoms with Crippen LogP contribution in [-0.4, -0.2) is 61.8 Å². The van der Waals surface area contributed by atoms with Gasteiger partial charge in [0, 0.05) is 26.2 Å². The van der Waals surface area contributed by atoms with Crippen LogP contribution in [0.3, 0.4) is 0 Å². The topological polar surface area (TPSA) is 49.9 Å². The quantitative estimate of drug-likeness (QED) is 0.769. The fourth-order valence-corrected chi connectivity index (χ4v) is 2.18. The molecule has 1 saturated heterocycles. The number of nitrogens with zero attached hydrogens (tertiary/aromatic N) is 2. The van der Waals surface area contributed by atoms with Gasteiger partial charge in [0.2, 0.25) is 0 Å². The van der Waals surface area contributed by atoms with E-state index in [9.17, 15) is 9.59 Å². The Morgan fingerprint density at radius 3 is 2.65 bits per heavy atom. The summed E-state index contributed by atoms with van der Waals surface area (Å²) in [6, 6.07) is 5.35. The van der Waals surface area contributed by atoms with Crippen LogP contribution in [0.2, 0.25) is 0 Å². The number of piperazine rings is 1. The van der Waals surface area contributed by atoms with Gasteiger partial charge in [0.25, 0.3) is 5.91 Å². The number of ether oxygens (including phenoxy) is 1. The van der Waals surface area contributed by atoms with Crippen LogP contribution in [0, 0.1) is 6.92 Å². The Balaban J connectivity index is 1.92. The Hall–Kier alpha value is -1.88. The average molecular weight is 276 g/mol. The molecule has 0 spiro atoms. The van der Waals surface area contributed by atoms with E-state index < -0.39 is 0 Å². The van der Waals surface area contributed by atoms with E-state index in [1.54, 1.807) is 17.0 Å². The molecule has 0 saturated carbocycles. The number of hydrogen-bond donors (Lipinski definition) is 0. The van der Waals surface area contributed by atoms with Crippen molar-refractivity contribution < 1.29 is 14.3 Å². The van der Waals surface area contributed by atoms with Crippen molar-refractivity contribution in [3.63, 3.8) is 0 Å². The first-order valence-corrected chi connectivity index (χ1v) is 6.75. The van der Waals surface area contributed by atoms with Crippen molar-refractivity contribution in [3.8, 4) is 5.75 Å². The molecule has 1 aliphatic rings. The van der Waals surface area contributed by atoms with Crippen molar-refractivity contribution in [1.29, 1.82) is 0 Å². The third-order valence-electron chi connectivity index (χ3n) is 3.50. The molecule has 0 atom stereocenters. The molecule has 0 bridgehead atoms. The Bertz CT molecular complexity index is 494. The number of amides is 1. The maximum absolute atomic E-state index is 12.0. The summed E-state index contributed by atoms with van der Waals surface area (Å²) < 4.78 is 5.49. The smallest absolute Gasteiger partial charge is 0.260 e. The van der Waals surface area contributed by atoms with Crippen molar-refractivity contribution in [3.05, 3.63) is 29.3 Å². The monoisotopic (exact) mass is 276 g/mol. The summed E-state index contributed by atoms with van der Waals surface area (Å²) in [5, 5.41) is 0. The number of hydrogen-bond acceptors (Lipinski definition) is 4. The molecule has 2 rings (SSSR count). The summed E-state index contributed by atoms with van der Waals surface area (Å²) in [5.74, 6) is 0.434. The Morgan fingerprint density at radius 1 is 1.30 bits per heavy atom. The molecule has 0 radical (unpaired) electrons. The van der Waals surface area contributed by atoms with E-state index in [-0.39, 0.29) is 12.5 Å². The van der Waals surface area contributed by atoms with Gasteiger partial charge in [-0.3, -0.25) is 9.59 Å². The van der Waals surface area contributed by atoms with Gasteiger partial charge in [-0.25, -0.2) is 0 Å². The highest BCUT2D eigenvalue weighted by molar-refractivity contribution is 5.81. The minimum absolute atomic E-state index is 0.0202. The highest BCUT2D eigenvalue weighted by Crippen LogP contribution is 2.18. The third-order valence-corrected chi connectivity index (χ3v) is 3.50. The molecule has 0 unspecified atom stereocenters. The molecule has 1 amide bonds. The number of carbonyl (C=O) groups excluding carboxylic acids is 2. The summed E-state index contributed by atoms with van der Waals surface area (Å²) in [7, 11) is 2.04. The summed E-state index contributed by atoms with van der Waals surface area (Å²) in [4.78, 5) is 27.0. The van der Waals surface area contributed by atoms with Crippen LogP contribution in [0.1, 0.15) is 15.9 Å². The molecule has 0 aromatic heterocycles. The Kier molecular flexibility index (Phi) is 4.74. The van der Waals surface area contributed by atoms with Crippen LogP contribution in [-0.2, 0) is 4.79 Å². The predicted molar refractivity (Wildman–Crippen MR) is 76.1 cm³/mol. The van der Waals surface area contributed by atoms with Crippen LogP contribution < -0.4 is 4.74 Å². The molecule has 0 aliphatic carbocycles. The lowest BCUT2D eigenvalue weighted by atomic mass is 10.1. The first-order chi connectivity index (χ1) is 9.60. The fourth-order valence-electron chi connectivity index (χ4n) is 2.18. The normalized spacial score (nSPS) is 16.0. The second-order valence-electron chi connectivity index (χ2n) is 5.13. The van der Waals surface area contributed by atoms with Crippen molar-refractivity contribution in [2.24, 2.45) is 0 Å². The van der Waals surface area contributed by atoms with Gasteiger partial charge in [-0.2, -0.15) is 0 Å². The van der Waals surface area contributed by atoms with Gasteiger partial charge in [-0.05, 0) is 26.1 Å². The zero-order chi connectivity index (χ0) is 14.5. The van der Waals surface area contributed by atoms with E-state index in [4.69, 9.17) is 4.74 Å². The molecule has 108 valence electrons. The maximum Gasteiger partial charge on any atom is 0.260 e. The molecule has 20 heavy (non-hydrogen) atoms. The summed E-state index contributed by atoms with van der Waals surface area (Å²) in [6.07, 6.45) is 0.753. The summed E-state index contributed by atoms with van der Waals surface area (Å²) >= 11 is 0. The van der Waals surface area contributed by atoms with Gasteiger partial charge < -0.3 is 14.5 Å². The lowest BCUT2D eigenvalue weighted by Gasteiger charge is -2.32. The number of aldehydes is 1. The van der Waals surface area contributed by atoms with E-state index in [1.165, 1.54) is 0 Å². The lowest BCUT2D eigenvalue weighted by molar-refractivity contribution is -0.134. The molecule has 1 fully saturated rings. The van der Waals surface area contributed by atoms with Gasteiger partial charge in [0.1, 0.15) is 5.75 Å². The van der Waals surface area contributed by atoms with Crippen LogP contribution in [0.25, 0.3) is 0 Å². The maximum atomic E-state index is 12.0. The second-order valence-corrected chi connectivity index (χ2v) is 5.13. The van der Waals surface area contributed by atoms with E-state index >= 15 is 0 Å². The molecule has 1 aliphatic heterocycles. The number of benzene rings is 1. The summed E-state index contributed by atoms with van der Waals surface area (Å²) in [5.41, 5.74) is 1.47. The molecule has 5 heteroatoms. The Labute approximate surface area is 119 Å². The van der Waals surface area contributed by atoms with E-state index in [0.717, 1.165) is 38.0 Å². The van der Waals surface area contributed by atoms with E-state index in [2.05, 4.69) is 4.90 Å². The summed E-state index contributed by atoms with van der Waals surface area (Å²) in [6.45, 7) is 5.12. The van der Waals surface area contributed by atoms with Crippen molar-refractivity contribution in [2.45, 2.75) is 6.92 Å². The molecule has 1 heterocycles. The van der Waals surface area contributed by atoms with E-state index in [1.807, 2.05) is 20.0 Å². The molecule has 0 N–H and O–H groups in total. The number of likely N-dealkylation sites (N-methyl/N-ethyl adjacent to an activating group) is 1. The van der Waals surface area contributed by atoms with Gasteiger partial charge in [-0.1, -0.05) is 11.6 Å². The largest absolute Gasteiger partial charge is 0.483 e. The average Bonchev–Trinajstić information content (AvgIpc) is 2.46. The van der Waals surface area contributed by atoms with Gasteiger partial charge >= 0.3 is 0 Å². The highest BCUT2D eigenvalue weighted by atomic mass is 16.5. The number of rotatable bonds is 4. The zero-order valence-electron chi connectivity index (χ0n) is 12.0. The van der Waals surface area contributed by atoms with Gasteiger partial charge in [0.05, 0.1) is 5.56 Å². The van der Waals surface area contributed by atoms with E-state index in [0.29, 0.717) is 11.3 Å².